The summed E-state index contributed by atoms with van der Waals surface area (Å²) < 4.78 is 22.5. The van der Waals surface area contributed by atoms with E-state index in [2.05, 4.69) is 29.6 Å². The van der Waals surface area contributed by atoms with Crippen LogP contribution in [0.4, 0.5) is 0 Å². The second-order valence-electron chi connectivity index (χ2n) is 5.01. The number of fused-ring (bicyclic) bond motifs is 1. The van der Waals surface area contributed by atoms with Crippen LogP contribution < -0.4 is 5.32 Å². The van der Waals surface area contributed by atoms with Gasteiger partial charge in [-0.15, -0.1) is 0 Å². The van der Waals surface area contributed by atoms with Gasteiger partial charge in [-0.3, -0.25) is 0 Å². The van der Waals surface area contributed by atoms with Crippen LogP contribution in [0, 0.1) is 0 Å². The Balaban J connectivity index is 2.10. The zero-order chi connectivity index (χ0) is 13.9. The first-order chi connectivity index (χ1) is 8.96. The summed E-state index contributed by atoms with van der Waals surface area (Å²) in [6.07, 6.45) is 1.27. The summed E-state index contributed by atoms with van der Waals surface area (Å²) in [6, 6.07) is 14.3. The normalized spacial score (nSPS) is 13.6. The van der Waals surface area contributed by atoms with Crippen molar-refractivity contribution in [3.8, 4) is 0 Å². The summed E-state index contributed by atoms with van der Waals surface area (Å²) in [5, 5.41) is 5.69. The van der Waals surface area contributed by atoms with E-state index in [9.17, 15) is 8.42 Å². The van der Waals surface area contributed by atoms with Crippen molar-refractivity contribution in [2.24, 2.45) is 0 Å². The number of rotatable bonds is 5. The Labute approximate surface area is 114 Å². The van der Waals surface area contributed by atoms with Crippen LogP contribution in [0.1, 0.15) is 12.5 Å². The van der Waals surface area contributed by atoms with Crippen molar-refractivity contribution in [3.05, 3.63) is 48.0 Å². The van der Waals surface area contributed by atoms with Gasteiger partial charge in [0.2, 0.25) is 0 Å². The molecule has 1 unspecified atom stereocenters. The first kappa shape index (κ1) is 14.0. The van der Waals surface area contributed by atoms with Gasteiger partial charge in [0.1, 0.15) is 9.84 Å². The molecule has 0 fully saturated rings. The summed E-state index contributed by atoms with van der Waals surface area (Å²) >= 11 is 0. The minimum Gasteiger partial charge on any atom is -0.309 e. The molecule has 2 aromatic carbocycles. The maximum atomic E-state index is 11.2. The molecular weight excluding hydrogens is 258 g/mol. The number of hydrogen-bond donors (Lipinski definition) is 1. The van der Waals surface area contributed by atoms with Crippen LogP contribution in [-0.2, 0) is 16.4 Å². The fraction of sp³-hybridized carbons (Fsp3) is 0.333. The van der Waals surface area contributed by atoms with Crippen molar-refractivity contribution >= 4 is 20.6 Å². The lowest BCUT2D eigenvalue weighted by Gasteiger charge is -2.14. The largest absolute Gasteiger partial charge is 0.309 e. The molecule has 0 saturated carbocycles. The van der Waals surface area contributed by atoms with E-state index in [1.807, 2.05) is 25.1 Å². The fourth-order valence-corrected chi connectivity index (χ4v) is 3.27. The summed E-state index contributed by atoms with van der Waals surface area (Å²) in [5.74, 6) is 0.164. The molecule has 19 heavy (non-hydrogen) atoms. The second-order valence-corrected chi connectivity index (χ2v) is 7.20. The van der Waals surface area contributed by atoms with Crippen molar-refractivity contribution in [2.45, 2.75) is 19.5 Å². The molecule has 2 rings (SSSR count). The molecule has 0 aliphatic carbocycles. The molecule has 0 amide bonds. The van der Waals surface area contributed by atoms with Crippen molar-refractivity contribution in [1.29, 1.82) is 0 Å². The van der Waals surface area contributed by atoms with Gasteiger partial charge in [-0.25, -0.2) is 8.42 Å². The molecule has 3 nitrogen and oxygen atoms in total. The monoisotopic (exact) mass is 277 g/mol. The smallest absolute Gasteiger partial charge is 0.148 e. The molecule has 4 heteroatoms. The molecule has 0 radical (unpaired) electrons. The van der Waals surface area contributed by atoms with Gasteiger partial charge in [-0.05, 0) is 23.3 Å². The molecule has 0 heterocycles. The highest BCUT2D eigenvalue weighted by Crippen LogP contribution is 2.18. The SMILES string of the molecule is CC(CS(C)(=O)=O)NCc1cccc2ccccc12. The van der Waals surface area contributed by atoms with Gasteiger partial charge in [0, 0.05) is 18.8 Å². The Kier molecular flexibility index (Phi) is 4.22. The molecule has 0 aliphatic rings. The van der Waals surface area contributed by atoms with E-state index in [0.717, 1.165) is 0 Å². The van der Waals surface area contributed by atoms with Gasteiger partial charge < -0.3 is 5.32 Å². The fourth-order valence-electron chi connectivity index (χ4n) is 2.24. The molecule has 0 aliphatic heterocycles. The van der Waals surface area contributed by atoms with E-state index < -0.39 is 9.84 Å². The van der Waals surface area contributed by atoms with Crippen LogP contribution in [0.5, 0.6) is 0 Å². The molecule has 1 N–H and O–H groups in total. The van der Waals surface area contributed by atoms with E-state index in [4.69, 9.17) is 0 Å². The highest BCUT2D eigenvalue weighted by atomic mass is 32.2. The predicted octanol–water partition coefficient (Wildman–Crippen LogP) is 2.36. The van der Waals surface area contributed by atoms with Gasteiger partial charge >= 0.3 is 0 Å². The topological polar surface area (TPSA) is 46.2 Å². The van der Waals surface area contributed by atoms with Gasteiger partial charge in [0.05, 0.1) is 5.75 Å². The van der Waals surface area contributed by atoms with Crippen LogP contribution in [0.3, 0.4) is 0 Å². The van der Waals surface area contributed by atoms with Gasteiger partial charge in [-0.1, -0.05) is 42.5 Å². The average Bonchev–Trinajstić information content (AvgIpc) is 2.34. The van der Waals surface area contributed by atoms with Gasteiger partial charge in [0.25, 0.3) is 0 Å². The Morgan fingerprint density at radius 3 is 2.53 bits per heavy atom. The molecular formula is C15H19NO2S. The average molecular weight is 277 g/mol. The number of sulfone groups is 1. The molecule has 102 valence electrons. The van der Waals surface area contributed by atoms with Gasteiger partial charge in [0.15, 0.2) is 0 Å². The second kappa shape index (κ2) is 5.72. The summed E-state index contributed by atoms with van der Waals surface area (Å²) in [6.45, 7) is 2.57. The Bertz CT molecular complexity index is 659. The molecule has 2 aromatic rings. The van der Waals surface area contributed by atoms with E-state index >= 15 is 0 Å². The Hall–Kier alpha value is -1.39. The first-order valence-electron chi connectivity index (χ1n) is 6.33. The zero-order valence-corrected chi connectivity index (χ0v) is 12.1. The van der Waals surface area contributed by atoms with E-state index in [1.54, 1.807) is 0 Å². The third kappa shape index (κ3) is 4.04. The number of benzene rings is 2. The van der Waals surface area contributed by atoms with Crippen molar-refractivity contribution < 1.29 is 8.42 Å². The lowest BCUT2D eigenvalue weighted by Crippen LogP contribution is -2.32. The summed E-state index contributed by atoms with van der Waals surface area (Å²) in [4.78, 5) is 0. The van der Waals surface area contributed by atoms with Crippen molar-refractivity contribution in [1.82, 2.24) is 5.32 Å². The molecule has 0 bridgehead atoms. The van der Waals surface area contributed by atoms with E-state index in [-0.39, 0.29) is 11.8 Å². The Morgan fingerprint density at radius 2 is 1.79 bits per heavy atom. The molecule has 0 saturated heterocycles. The van der Waals surface area contributed by atoms with Crippen LogP contribution in [-0.4, -0.2) is 26.5 Å². The lowest BCUT2D eigenvalue weighted by atomic mass is 10.0. The van der Waals surface area contributed by atoms with Crippen LogP contribution >= 0.6 is 0 Å². The number of nitrogens with one attached hydrogen (secondary N) is 1. The zero-order valence-electron chi connectivity index (χ0n) is 11.3. The lowest BCUT2D eigenvalue weighted by molar-refractivity contribution is 0.561. The maximum Gasteiger partial charge on any atom is 0.148 e. The Morgan fingerprint density at radius 1 is 1.11 bits per heavy atom. The summed E-state index contributed by atoms with van der Waals surface area (Å²) in [7, 11) is -2.93. The third-order valence-corrected chi connectivity index (χ3v) is 4.18. The highest BCUT2D eigenvalue weighted by molar-refractivity contribution is 7.90. The van der Waals surface area contributed by atoms with Crippen LogP contribution in [0.15, 0.2) is 42.5 Å². The van der Waals surface area contributed by atoms with Crippen LogP contribution in [0.2, 0.25) is 0 Å². The standard InChI is InChI=1S/C15H19NO2S/c1-12(11-19(2,17)18)16-10-14-8-5-7-13-6-3-4-9-15(13)14/h3-9,12,16H,10-11H2,1-2H3. The van der Waals surface area contributed by atoms with Gasteiger partial charge in [-0.2, -0.15) is 0 Å². The van der Waals surface area contributed by atoms with Crippen molar-refractivity contribution in [3.63, 3.8) is 0 Å². The first-order valence-corrected chi connectivity index (χ1v) is 8.39. The van der Waals surface area contributed by atoms with Crippen molar-refractivity contribution in [2.75, 3.05) is 12.0 Å². The minimum atomic E-state index is -2.93. The molecule has 0 spiro atoms. The predicted molar refractivity (Wildman–Crippen MR) is 80.0 cm³/mol. The highest BCUT2D eigenvalue weighted by Gasteiger charge is 2.10. The number of hydrogen-bond acceptors (Lipinski definition) is 3. The molecule has 1 atom stereocenters. The minimum absolute atomic E-state index is 0.0473. The van der Waals surface area contributed by atoms with E-state index in [0.29, 0.717) is 6.54 Å². The quantitative estimate of drug-likeness (QED) is 0.912. The van der Waals surface area contributed by atoms with E-state index in [1.165, 1.54) is 22.6 Å². The summed E-state index contributed by atoms with van der Waals surface area (Å²) in [5.41, 5.74) is 1.19. The van der Waals surface area contributed by atoms with Crippen LogP contribution in [0.25, 0.3) is 10.8 Å². The third-order valence-electron chi connectivity index (χ3n) is 3.07. The maximum absolute atomic E-state index is 11.2. The molecule has 0 aromatic heterocycles.